The van der Waals surface area contributed by atoms with Crippen LogP contribution < -0.4 is 0 Å². The van der Waals surface area contributed by atoms with Crippen LogP contribution in [0.5, 0.6) is 0 Å². The Morgan fingerprint density at radius 3 is 2.30 bits per heavy atom. The SMILES string of the molecule is O=C(O)c1cc(Br)ccc1S(=O)(=O)c1cccc(C(F)(F)F)c1. The van der Waals surface area contributed by atoms with Gasteiger partial charge in [0.05, 0.1) is 20.9 Å². The summed E-state index contributed by atoms with van der Waals surface area (Å²) in [6.07, 6.45) is -4.71. The van der Waals surface area contributed by atoms with Crippen molar-refractivity contribution in [3.63, 3.8) is 0 Å². The van der Waals surface area contributed by atoms with E-state index in [4.69, 9.17) is 5.11 Å². The molecular weight excluding hydrogens is 401 g/mol. The van der Waals surface area contributed by atoms with Crippen molar-refractivity contribution in [1.29, 1.82) is 0 Å². The molecule has 0 spiro atoms. The number of carboxylic acids is 1. The second-order valence-electron chi connectivity index (χ2n) is 4.47. The molecule has 0 bridgehead atoms. The Hall–Kier alpha value is -1.87. The van der Waals surface area contributed by atoms with Gasteiger partial charge >= 0.3 is 12.1 Å². The highest BCUT2D eigenvalue weighted by molar-refractivity contribution is 9.10. The van der Waals surface area contributed by atoms with Gasteiger partial charge in [-0.25, -0.2) is 13.2 Å². The van der Waals surface area contributed by atoms with Gasteiger partial charge in [-0.2, -0.15) is 13.2 Å². The predicted molar refractivity (Wildman–Crippen MR) is 78.0 cm³/mol. The van der Waals surface area contributed by atoms with E-state index in [1.165, 1.54) is 6.07 Å². The van der Waals surface area contributed by atoms with E-state index in [9.17, 15) is 26.4 Å². The first-order valence-corrected chi connectivity index (χ1v) is 8.26. The van der Waals surface area contributed by atoms with Crippen molar-refractivity contribution in [3.8, 4) is 0 Å². The van der Waals surface area contributed by atoms with Crippen LogP contribution in [0.4, 0.5) is 13.2 Å². The molecule has 0 radical (unpaired) electrons. The maximum absolute atomic E-state index is 12.7. The predicted octanol–water partition coefficient (Wildman–Crippen LogP) is 4.00. The Bertz CT molecular complexity index is 876. The van der Waals surface area contributed by atoms with Gasteiger partial charge in [-0.3, -0.25) is 0 Å². The molecule has 0 saturated heterocycles. The molecule has 0 atom stereocenters. The molecule has 0 aliphatic carbocycles. The molecule has 0 fully saturated rings. The highest BCUT2D eigenvalue weighted by Gasteiger charge is 2.32. The van der Waals surface area contributed by atoms with Crippen molar-refractivity contribution in [3.05, 3.63) is 58.1 Å². The number of carboxylic acid groups (broad SMARTS) is 1. The average Bonchev–Trinajstić information content (AvgIpc) is 2.46. The lowest BCUT2D eigenvalue weighted by Crippen LogP contribution is -2.11. The monoisotopic (exact) mass is 408 g/mol. The maximum Gasteiger partial charge on any atom is 0.416 e. The van der Waals surface area contributed by atoms with Gasteiger partial charge in [0.2, 0.25) is 9.84 Å². The smallest absolute Gasteiger partial charge is 0.416 e. The lowest BCUT2D eigenvalue weighted by atomic mass is 10.2. The minimum Gasteiger partial charge on any atom is -0.478 e. The van der Waals surface area contributed by atoms with Crippen molar-refractivity contribution in [2.75, 3.05) is 0 Å². The lowest BCUT2D eigenvalue weighted by molar-refractivity contribution is -0.137. The van der Waals surface area contributed by atoms with Gasteiger partial charge in [0.25, 0.3) is 0 Å². The molecule has 23 heavy (non-hydrogen) atoms. The van der Waals surface area contributed by atoms with Crippen LogP contribution in [-0.2, 0) is 16.0 Å². The average molecular weight is 409 g/mol. The van der Waals surface area contributed by atoms with Crippen LogP contribution >= 0.6 is 15.9 Å². The fourth-order valence-corrected chi connectivity index (χ4v) is 3.71. The highest BCUT2D eigenvalue weighted by Crippen LogP contribution is 2.33. The number of carbonyl (C=O) groups is 1. The zero-order valence-corrected chi connectivity index (χ0v) is 13.5. The molecule has 0 heterocycles. The number of rotatable bonds is 3. The molecule has 2 aromatic carbocycles. The quantitative estimate of drug-likeness (QED) is 0.832. The number of sulfone groups is 1. The number of hydrogen-bond donors (Lipinski definition) is 1. The molecule has 122 valence electrons. The molecule has 4 nitrogen and oxygen atoms in total. The van der Waals surface area contributed by atoms with E-state index in [1.807, 2.05) is 0 Å². The normalized spacial score (nSPS) is 12.2. The summed E-state index contributed by atoms with van der Waals surface area (Å²) in [6, 6.07) is 6.55. The summed E-state index contributed by atoms with van der Waals surface area (Å²) in [5, 5.41) is 9.12. The molecule has 0 saturated carbocycles. The van der Waals surface area contributed by atoms with E-state index in [1.54, 1.807) is 0 Å². The zero-order valence-electron chi connectivity index (χ0n) is 11.1. The van der Waals surface area contributed by atoms with Gasteiger partial charge in [0.15, 0.2) is 0 Å². The number of benzene rings is 2. The van der Waals surface area contributed by atoms with Gasteiger partial charge in [0, 0.05) is 4.47 Å². The Kier molecular flexibility index (Phi) is 4.54. The van der Waals surface area contributed by atoms with Crippen LogP contribution in [-0.4, -0.2) is 19.5 Å². The van der Waals surface area contributed by atoms with Gasteiger partial charge in [0.1, 0.15) is 0 Å². The standard InChI is InChI=1S/C14H8BrF3O4S/c15-9-4-5-12(11(7-9)13(19)20)23(21,22)10-3-1-2-8(6-10)14(16,17)18/h1-7H,(H,19,20). The van der Waals surface area contributed by atoms with E-state index >= 15 is 0 Å². The first-order chi connectivity index (χ1) is 10.5. The van der Waals surface area contributed by atoms with Crippen LogP contribution in [0.15, 0.2) is 56.7 Å². The Morgan fingerprint density at radius 1 is 1.09 bits per heavy atom. The van der Waals surface area contributed by atoms with E-state index < -0.39 is 42.9 Å². The molecule has 0 unspecified atom stereocenters. The molecule has 2 rings (SSSR count). The fraction of sp³-hybridized carbons (Fsp3) is 0.0714. The van der Waals surface area contributed by atoms with Crippen LogP contribution in [0.3, 0.4) is 0 Å². The number of alkyl halides is 3. The number of halogens is 4. The first-order valence-electron chi connectivity index (χ1n) is 5.98. The van der Waals surface area contributed by atoms with Gasteiger partial charge in [-0.1, -0.05) is 22.0 Å². The summed E-state index contributed by atoms with van der Waals surface area (Å²) in [4.78, 5) is 10.0. The molecule has 2 aromatic rings. The summed E-state index contributed by atoms with van der Waals surface area (Å²) in [5.41, 5.74) is -1.66. The highest BCUT2D eigenvalue weighted by atomic mass is 79.9. The number of aromatic carboxylic acids is 1. The first kappa shape index (κ1) is 17.5. The van der Waals surface area contributed by atoms with Crippen molar-refractivity contribution < 1.29 is 31.5 Å². The molecule has 0 aliphatic rings. The van der Waals surface area contributed by atoms with E-state index in [0.717, 1.165) is 30.3 Å². The van der Waals surface area contributed by atoms with Crippen molar-refractivity contribution in [1.82, 2.24) is 0 Å². The van der Waals surface area contributed by atoms with E-state index in [-0.39, 0.29) is 0 Å². The third-order valence-electron chi connectivity index (χ3n) is 2.93. The van der Waals surface area contributed by atoms with E-state index in [2.05, 4.69) is 15.9 Å². The number of hydrogen-bond acceptors (Lipinski definition) is 3. The topological polar surface area (TPSA) is 71.4 Å². The van der Waals surface area contributed by atoms with Crippen LogP contribution in [0, 0.1) is 0 Å². The molecule has 0 amide bonds. The molecule has 9 heteroatoms. The summed E-state index contributed by atoms with van der Waals surface area (Å²) in [7, 11) is -4.42. The summed E-state index contributed by atoms with van der Waals surface area (Å²) in [6.45, 7) is 0. The van der Waals surface area contributed by atoms with Gasteiger partial charge in [-0.15, -0.1) is 0 Å². The Morgan fingerprint density at radius 2 is 1.74 bits per heavy atom. The fourth-order valence-electron chi connectivity index (χ4n) is 1.87. The Labute approximate surface area is 137 Å². The molecular formula is C14H8BrF3O4S. The van der Waals surface area contributed by atoms with Crippen LogP contribution in [0.1, 0.15) is 15.9 Å². The van der Waals surface area contributed by atoms with Crippen LogP contribution in [0.2, 0.25) is 0 Å². The summed E-state index contributed by atoms with van der Waals surface area (Å²) >= 11 is 3.02. The third-order valence-corrected chi connectivity index (χ3v) is 5.24. The molecule has 0 aliphatic heterocycles. The van der Waals surface area contributed by atoms with Crippen molar-refractivity contribution in [2.45, 2.75) is 16.0 Å². The molecule has 0 aromatic heterocycles. The van der Waals surface area contributed by atoms with Gasteiger partial charge in [-0.05, 0) is 36.4 Å². The lowest BCUT2D eigenvalue weighted by Gasteiger charge is -2.11. The van der Waals surface area contributed by atoms with E-state index in [0.29, 0.717) is 10.5 Å². The maximum atomic E-state index is 12.7. The summed E-state index contributed by atoms with van der Waals surface area (Å²) < 4.78 is 63.5. The van der Waals surface area contributed by atoms with Crippen LogP contribution in [0.25, 0.3) is 0 Å². The largest absolute Gasteiger partial charge is 0.478 e. The minimum atomic E-state index is -4.71. The minimum absolute atomic E-state index is 0.331. The second-order valence-corrected chi connectivity index (χ2v) is 7.31. The van der Waals surface area contributed by atoms with Crippen molar-refractivity contribution in [2.24, 2.45) is 0 Å². The van der Waals surface area contributed by atoms with Crippen molar-refractivity contribution >= 4 is 31.7 Å². The van der Waals surface area contributed by atoms with Gasteiger partial charge < -0.3 is 5.11 Å². The third kappa shape index (κ3) is 3.56. The summed E-state index contributed by atoms with van der Waals surface area (Å²) in [5.74, 6) is -1.50. The zero-order chi connectivity index (χ0) is 17.4. The molecule has 1 N–H and O–H groups in total. The second kappa shape index (κ2) is 5.97. The Balaban J connectivity index is 2.67.